The van der Waals surface area contributed by atoms with E-state index in [4.69, 9.17) is 15.3 Å². The highest BCUT2D eigenvalue weighted by atomic mass is 79.9. The minimum absolute atomic E-state index is 0.218. The predicted molar refractivity (Wildman–Crippen MR) is 70.6 cm³/mol. The summed E-state index contributed by atoms with van der Waals surface area (Å²) in [5, 5.41) is 29.4. The molecule has 0 bridgehead atoms. The lowest BCUT2D eigenvalue weighted by Gasteiger charge is -2.28. The third-order valence-corrected chi connectivity index (χ3v) is 3.51. The molecule has 5 nitrogen and oxygen atoms in total. The molecule has 9 heteroatoms. The monoisotopic (exact) mass is 371 g/mol. The lowest BCUT2D eigenvalue weighted by atomic mass is 10.0. The number of hydrogen-bond donors (Lipinski definition) is 4. The van der Waals surface area contributed by atoms with Gasteiger partial charge in [-0.15, -0.1) is 0 Å². The molecule has 118 valence electrons. The number of halogens is 4. The topological polar surface area (TPSA) is 89.8 Å². The van der Waals surface area contributed by atoms with Crippen LogP contribution in [0.3, 0.4) is 0 Å². The number of benzene rings is 1. The third kappa shape index (κ3) is 4.16. The van der Waals surface area contributed by atoms with Crippen molar-refractivity contribution in [2.45, 2.75) is 11.7 Å². The summed E-state index contributed by atoms with van der Waals surface area (Å²) in [5.41, 5.74) is -3.05. The number of rotatable bonds is 5. The second kappa shape index (κ2) is 6.73. The maximum atomic E-state index is 12.7. The molecule has 1 aromatic carbocycles. The van der Waals surface area contributed by atoms with Gasteiger partial charge in [-0.25, -0.2) is 0 Å². The average molecular weight is 372 g/mol. The Kier molecular flexibility index (Phi) is 5.74. The molecular formula is C12H13BrF3NO4. The van der Waals surface area contributed by atoms with Gasteiger partial charge in [-0.05, 0) is 18.2 Å². The van der Waals surface area contributed by atoms with Crippen LogP contribution in [0.1, 0.15) is 15.9 Å². The number of nitrogens with one attached hydrogen (secondary N) is 1. The Morgan fingerprint density at radius 2 is 1.67 bits per heavy atom. The summed E-state index contributed by atoms with van der Waals surface area (Å²) in [6, 6.07) is 2.85. The Labute approximate surface area is 126 Å². The van der Waals surface area contributed by atoms with E-state index in [9.17, 15) is 18.0 Å². The van der Waals surface area contributed by atoms with Crippen molar-refractivity contribution in [2.24, 2.45) is 0 Å². The number of amides is 1. The largest absolute Gasteiger partial charge is 0.417 e. The molecule has 0 saturated heterocycles. The van der Waals surface area contributed by atoms with Crippen LogP contribution in [0, 0.1) is 0 Å². The molecule has 0 spiro atoms. The van der Waals surface area contributed by atoms with E-state index in [1.165, 1.54) is 0 Å². The van der Waals surface area contributed by atoms with Crippen molar-refractivity contribution in [3.05, 3.63) is 33.8 Å². The van der Waals surface area contributed by atoms with E-state index in [-0.39, 0.29) is 10.0 Å². The van der Waals surface area contributed by atoms with Gasteiger partial charge in [0.25, 0.3) is 5.91 Å². The molecule has 1 rings (SSSR count). The minimum atomic E-state index is -4.64. The standard InChI is InChI=1S/C12H13BrF3NO4/c13-9-2-1-7(3-8(9)12(14,15)16)10(21)17-11(4-18,5-19)6-20/h1-3,18-20H,4-6H2,(H,17,21). The lowest BCUT2D eigenvalue weighted by Crippen LogP contribution is -2.57. The summed E-state index contributed by atoms with van der Waals surface area (Å²) in [5.74, 6) is -0.954. The Morgan fingerprint density at radius 1 is 1.14 bits per heavy atom. The van der Waals surface area contributed by atoms with E-state index in [0.29, 0.717) is 6.07 Å². The quantitative estimate of drug-likeness (QED) is 0.619. The minimum Gasteiger partial charge on any atom is -0.394 e. The van der Waals surface area contributed by atoms with E-state index in [1.54, 1.807) is 0 Å². The van der Waals surface area contributed by atoms with Gasteiger partial charge in [0.15, 0.2) is 0 Å². The van der Waals surface area contributed by atoms with Gasteiger partial charge in [-0.1, -0.05) is 15.9 Å². The number of hydrogen-bond acceptors (Lipinski definition) is 4. The van der Waals surface area contributed by atoms with Crippen LogP contribution >= 0.6 is 15.9 Å². The number of alkyl halides is 3. The molecule has 0 aliphatic carbocycles. The third-order valence-electron chi connectivity index (χ3n) is 2.82. The highest BCUT2D eigenvalue weighted by Gasteiger charge is 2.35. The highest BCUT2D eigenvalue weighted by Crippen LogP contribution is 2.35. The van der Waals surface area contributed by atoms with Crippen LogP contribution in [-0.2, 0) is 6.18 Å². The van der Waals surface area contributed by atoms with Crippen LogP contribution in [0.15, 0.2) is 22.7 Å². The van der Waals surface area contributed by atoms with Crippen LogP contribution in [0.4, 0.5) is 13.2 Å². The zero-order chi connectivity index (χ0) is 16.3. The van der Waals surface area contributed by atoms with E-state index in [2.05, 4.69) is 21.2 Å². The number of aliphatic hydroxyl groups is 3. The summed E-state index contributed by atoms with van der Waals surface area (Å²) in [6.45, 7) is -2.31. The van der Waals surface area contributed by atoms with Gasteiger partial charge in [0.2, 0.25) is 0 Å². The van der Waals surface area contributed by atoms with Crippen LogP contribution in [0.25, 0.3) is 0 Å². The predicted octanol–water partition coefficient (Wildman–Crippen LogP) is 0.913. The van der Waals surface area contributed by atoms with Crippen LogP contribution in [-0.4, -0.2) is 46.6 Å². The van der Waals surface area contributed by atoms with Crippen molar-refractivity contribution in [1.82, 2.24) is 5.32 Å². The van der Waals surface area contributed by atoms with Crippen molar-refractivity contribution in [3.63, 3.8) is 0 Å². The zero-order valence-electron chi connectivity index (χ0n) is 10.6. The zero-order valence-corrected chi connectivity index (χ0v) is 12.2. The van der Waals surface area contributed by atoms with Crippen molar-refractivity contribution in [2.75, 3.05) is 19.8 Å². The van der Waals surface area contributed by atoms with Crippen LogP contribution in [0.5, 0.6) is 0 Å². The van der Waals surface area contributed by atoms with Gasteiger partial charge in [-0.3, -0.25) is 4.79 Å². The molecule has 0 saturated carbocycles. The molecule has 0 aromatic heterocycles. The Hall–Kier alpha value is -1.16. The van der Waals surface area contributed by atoms with E-state index >= 15 is 0 Å². The number of aliphatic hydroxyl groups excluding tert-OH is 3. The first-order valence-corrected chi connectivity index (χ1v) is 6.50. The summed E-state index contributed by atoms with van der Waals surface area (Å²) in [4.78, 5) is 11.9. The van der Waals surface area contributed by atoms with Crippen molar-refractivity contribution >= 4 is 21.8 Å². The van der Waals surface area contributed by atoms with Gasteiger partial charge in [-0.2, -0.15) is 13.2 Å². The van der Waals surface area contributed by atoms with E-state index in [1.807, 2.05) is 0 Å². The molecule has 0 atom stereocenters. The van der Waals surface area contributed by atoms with Gasteiger partial charge >= 0.3 is 6.18 Å². The maximum Gasteiger partial charge on any atom is 0.417 e. The van der Waals surface area contributed by atoms with Gasteiger partial charge in [0, 0.05) is 10.0 Å². The van der Waals surface area contributed by atoms with Crippen LogP contribution < -0.4 is 5.32 Å². The summed E-state index contributed by atoms with van der Waals surface area (Å²) in [6.07, 6.45) is -4.64. The molecule has 0 radical (unpaired) electrons. The Balaban J connectivity index is 3.09. The molecule has 21 heavy (non-hydrogen) atoms. The smallest absolute Gasteiger partial charge is 0.394 e. The first-order chi connectivity index (χ1) is 9.69. The van der Waals surface area contributed by atoms with E-state index < -0.39 is 43.0 Å². The lowest BCUT2D eigenvalue weighted by molar-refractivity contribution is -0.138. The highest BCUT2D eigenvalue weighted by molar-refractivity contribution is 9.10. The maximum absolute atomic E-state index is 12.7. The fourth-order valence-corrected chi connectivity index (χ4v) is 1.94. The fourth-order valence-electron chi connectivity index (χ4n) is 1.47. The molecule has 0 aliphatic rings. The van der Waals surface area contributed by atoms with Crippen molar-refractivity contribution in [3.8, 4) is 0 Å². The summed E-state index contributed by atoms with van der Waals surface area (Å²) >= 11 is 2.75. The number of carbonyl (C=O) groups excluding carboxylic acids is 1. The van der Waals surface area contributed by atoms with Gasteiger partial charge in [0.05, 0.1) is 25.4 Å². The average Bonchev–Trinajstić information content (AvgIpc) is 2.44. The first-order valence-electron chi connectivity index (χ1n) is 5.71. The van der Waals surface area contributed by atoms with Gasteiger partial charge < -0.3 is 20.6 Å². The second-order valence-electron chi connectivity index (χ2n) is 4.40. The van der Waals surface area contributed by atoms with Crippen molar-refractivity contribution in [1.29, 1.82) is 0 Å². The molecule has 1 amide bonds. The first kappa shape index (κ1) is 17.9. The normalized spacial score (nSPS) is 12.3. The summed E-state index contributed by atoms with van der Waals surface area (Å²) < 4.78 is 38.0. The Morgan fingerprint density at radius 3 is 2.10 bits per heavy atom. The van der Waals surface area contributed by atoms with Gasteiger partial charge in [0.1, 0.15) is 5.54 Å². The molecule has 0 aliphatic heterocycles. The molecular weight excluding hydrogens is 359 g/mol. The van der Waals surface area contributed by atoms with Crippen molar-refractivity contribution < 1.29 is 33.3 Å². The Bertz CT molecular complexity index is 509. The summed E-state index contributed by atoms with van der Waals surface area (Å²) in [7, 11) is 0. The molecule has 0 unspecified atom stereocenters. The molecule has 0 heterocycles. The SMILES string of the molecule is O=C(NC(CO)(CO)CO)c1ccc(Br)c(C(F)(F)F)c1. The number of carbonyl (C=O) groups is 1. The molecule has 4 N–H and O–H groups in total. The molecule has 0 fully saturated rings. The second-order valence-corrected chi connectivity index (χ2v) is 5.26. The van der Waals surface area contributed by atoms with E-state index in [0.717, 1.165) is 12.1 Å². The molecule has 1 aromatic rings. The fraction of sp³-hybridized carbons (Fsp3) is 0.417. The van der Waals surface area contributed by atoms with Crippen LogP contribution in [0.2, 0.25) is 0 Å².